The zero-order valence-corrected chi connectivity index (χ0v) is 12.9. The highest BCUT2D eigenvalue weighted by atomic mass is 16.5. The van der Waals surface area contributed by atoms with Crippen LogP contribution in [0.4, 0.5) is 0 Å². The maximum Gasteiger partial charge on any atom is 0.119 e. The maximum atomic E-state index is 5.82. The van der Waals surface area contributed by atoms with Crippen LogP contribution in [0.5, 0.6) is 5.75 Å². The molecule has 0 spiro atoms. The Morgan fingerprint density at radius 2 is 2.05 bits per heavy atom. The van der Waals surface area contributed by atoms with Gasteiger partial charge < -0.3 is 14.8 Å². The third-order valence-electron chi connectivity index (χ3n) is 3.89. The van der Waals surface area contributed by atoms with Crippen LogP contribution in [0.3, 0.4) is 0 Å². The van der Waals surface area contributed by atoms with Crippen molar-refractivity contribution in [3.8, 4) is 5.75 Å². The van der Waals surface area contributed by atoms with Gasteiger partial charge in [-0.25, -0.2) is 0 Å². The van der Waals surface area contributed by atoms with Crippen molar-refractivity contribution in [1.82, 2.24) is 5.32 Å². The van der Waals surface area contributed by atoms with Crippen molar-refractivity contribution in [1.29, 1.82) is 0 Å². The molecule has 0 atom stereocenters. The molecule has 1 fully saturated rings. The van der Waals surface area contributed by atoms with E-state index in [1.165, 1.54) is 11.1 Å². The molecule has 0 unspecified atom stereocenters. The predicted octanol–water partition coefficient (Wildman–Crippen LogP) is 3.27. The van der Waals surface area contributed by atoms with Gasteiger partial charge in [-0.15, -0.1) is 0 Å². The topological polar surface area (TPSA) is 30.5 Å². The summed E-state index contributed by atoms with van der Waals surface area (Å²) in [6.45, 7) is 9.99. The van der Waals surface area contributed by atoms with Crippen LogP contribution >= 0.6 is 0 Å². The molecule has 3 nitrogen and oxygen atoms in total. The monoisotopic (exact) mass is 277 g/mol. The summed E-state index contributed by atoms with van der Waals surface area (Å²) in [5.41, 5.74) is 2.72. The van der Waals surface area contributed by atoms with Gasteiger partial charge in [0.25, 0.3) is 0 Å². The Balaban J connectivity index is 1.72. The number of hydrogen-bond donors (Lipinski definition) is 1. The molecule has 20 heavy (non-hydrogen) atoms. The third-order valence-corrected chi connectivity index (χ3v) is 3.89. The van der Waals surface area contributed by atoms with E-state index in [2.05, 4.69) is 44.3 Å². The fourth-order valence-corrected chi connectivity index (χ4v) is 2.72. The Bertz CT molecular complexity index is 411. The third kappa shape index (κ3) is 4.50. The largest absolute Gasteiger partial charge is 0.492 e. The first-order chi connectivity index (χ1) is 9.66. The lowest BCUT2D eigenvalue weighted by molar-refractivity contribution is 0.0770. The first-order valence-corrected chi connectivity index (χ1v) is 7.71. The highest BCUT2D eigenvalue weighted by molar-refractivity contribution is 5.36. The normalized spacial score (nSPS) is 16.6. The van der Waals surface area contributed by atoms with Crippen molar-refractivity contribution in [2.75, 3.05) is 26.4 Å². The zero-order chi connectivity index (χ0) is 14.4. The summed E-state index contributed by atoms with van der Waals surface area (Å²) >= 11 is 0. The van der Waals surface area contributed by atoms with Gasteiger partial charge in [-0.1, -0.05) is 19.9 Å². The van der Waals surface area contributed by atoms with Gasteiger partial charge in [-0.2, -0.15) is 0 Å². The van der Waals surface area contributed by atoms with Crippen molar-refractivity contribution in [3.63, 3.8) is 0 Å². The quantitative estimate of drug-likeness (QED) is 0.810. The number of hydrogen-bond acceptors (Lipinski definition) is 3. The van der Waals surface area contributed by atoms with E-state index >= 15 is 0 Å². The second-order valence-corrected chi connectivity index (χ2v) is 5.86. The molecule has 1 aliphatic heterocycles. The molecule has 1 saturated heterocycles. The maximum absolute atomic E-state index is 5.82. The summed E-state index contributed by atoms with van der Waals surface area (Å²) in [7, 11) is 0. The molecule has 0 saturated carbocycles. The minimum Gasteiger partial charge on any atom is -0.492 e. The second kappa shape index (κ2) is 7.65. The zero-order valence-electron chi connectivity index (χ0n) is 12.9. The van der Waals surface area contributed by atoms with Crippen LogP contribution < -0.4 is 10.1 Å². The SMILES string of the molecule is Cc1cc(OCCNC2CCOCC2)ccc1C(C)C. The molecule has 2 rings (SSSR count). The molecule has 1 aromatic carbocycles. The van der Waals surface area contributed by atoms with E-state index in [0.717, 1.165) is 45.0 Å². The van der Waals surface area contributed by atoms with E-state index < -0.39 is 0 Å². The molecule has 1 aliphatic rings. The molecule has 0 aliphatic carbocycles. The number of nitrogens with one attached hydrogen (secondary N) is 1. The van der Waals surface area contributed by atoms with E-state index in [9.17, 15) is 0 Å². The van der Waals surface area contributed by atoms with Gasteiger partial charge >= 0.3 is 0 Å². The van der Waals surface area contributed by atoms with Crippen LogP contribution in [0, 0.1) is 6.92 Å². The molecule has 0 radical (unpaired) electrons. The molecule has 1 N–H and O–H groups in total. The first kappa shape index (κ1) is 15.3. The van der Waals surface area contributed by atoms with E-state index in [1.54, 1.807) is 0 Å². The first-order valence-electron chi connectivity index (χ1n) is 7.71. The molecular formula is C17H27NO2. The van der Waals surface area contributed by atoms with E-state index in [4.69, 9.17) is 9.47 Å². The fourth-order valence-electron chi connectivity index (χ4n) is 2.72. The average Bonchev–Trinajstić information content (AvgIpc) is 2.44. The Morgan fingerprint density at radius 3 is 2.70 bits per heavy atom. The van der Waals surface area contributed by atoms with Crippen LogP contribution in [0.1, 0.15) is 43.7 Å². The van der Waals surface area contributed by atoms with Crippen molar-refractivity contribution in [3.05, 3.63) is 29.3 Å². The Morgan fingerprint density at radius 1 is 1.30 bits per heavy atom. The number of rotatable bonds is 6. The number of aryl methyl sites for hydroxylation is 1. The van der Waals surface area contributed by atoms with Crippen LogP contribution in [0.15, 0.2) is 18.2 Å². The van der Waals surface area contributed by atoms with Gasteiger partial charge in [0.05, 0.1) is 0 Å². The minimum atomic E-state index is 0.569. The Labute approximate surface area is 122 Å². The molecule has 0 aromatic heterocycles. The van der Waals surface area contributed by atoms with Crippen molar-refractivity contribution < 1.29 is 9.47 Å². The summed E-state index contributed by atoms with van der Waals surface area (Å²) in [6.07, 6.45) is 2.23. The lowest BCUT2D eigenvalue weighted by atomic mass is 9.98. The Kier molecular flexibility index (Phi) is 5.86. The average molecular weight is 277 g/mol. The van der Waals surface area contributed by atoms with E-state index in [1.807, 2.05) is 0 Å². The van der Waals surface area contributed by atoms with Gasteiger partial charge in [-0.05, 0) is 48.9 Å². The van der Waals surface area contributed by atoms with Crippen LogP contribution in [-0.2, 0) is 4.74 Å². The smallest absolute Gasteiger partial charge is 0.119 e. The lowest BCUT2D eigenvalue weighted by Gasteiger charge is -2.23. The highest BCUT2D eigenvalue weighted by Gasteiger charge is 2.12. The predicted molar refractivity (Wildman–Crippen MR) is 82.6 cm³/mol. The van der Waals surface area contributed by atoms with Crippen molar-refractivity contribution in [2.45, 2.75) is 45.6 Å². The molecule has 3 heteroatoms. The summed E-state index contributed by atoms with van der Waals surface area (Å²) in [4.78, 5) is 0. The summed E-state index contributed by atoms with van der Waals surface area (Å²) in [6, 6.07) is 7.00. The van der Waals surface area contributed by atoms with Crippen LogP contribution in [-0.4, -0.2) is 32.4 Å². The molecular weight excluding hydrogens is 250 g/mol. The van der Waals surface area contributed by atoms with E-state index in [0.29, 0.717) is 12.0 Å². The van der Waals surface area contributed by atoms with Crippen molar-refractivity contribution in [2.24, 2.45) is 0 Å². The standard InChI is InChI=1S/C17H27NO2/c1-13(2)17-5-4-16(12-14(17)3)20-11-8-18-15-6-9-19-10-7-15/h4-5,12-13,15,18H,6-11H2,1-3H3. The van der Waals surface area contributed by atoms with Gasteiger partial charge in [0.2, 0.25) is 0 Å². The number of benzene rings is 1. The highest BCUT2D eigenvalue weighted by Crippen LogP contribution is 2.23. The fraction of sp³-hybridized carbons (Fsp3) is 0.647. The molecule has 1 heterocycles. The lowest BCUT2D eigenvalue weighted by Crippen LogP contribution is -2.37. The van der Waals surface area contributed by atoms with Gasteiger partial charge in [0.15, 0.2) is 0 Å². The van der Waals surface area contributed by atoms with E-state index in [-0.39, 0.29) is 0 Å². The summed E-state index contributed by atoms with van der Waals surface area (Å²) in [5, 5.41) is 3.53. The summed E-state index contributed by atoms with van der Waals surface area (Å²) in [5.74, 6) is 1.54. The molecule has 112 valence electrons. The van der Waals surface area contributed by atoms with Crippen LogP contribution in [0.2, 0.25) is 0 Å². The van der Waals surface area contributed by atoms with Crippen LogP contribution in [0.25, 0.3) is 0 Å². The van der Waals surface area contributed by atoms with Gasteiger partial charge in [-0.3, -0.25) is 0 Å². The molecule has 0 amide bonds. The molecule has 1 aromatic rings. The van der Waals surface area contributed by atoms with Crippen molar-refractivity contribution >= 4 is 0 Å². The van der Waals surface area contributed by atoms with Gasteiger partial charge in [0.1, 0.15) is 12.4 Å². The number of ether oxygens (including phenoxy) is 2. The van der Waals surface area contributed by atoms with Gasteiger partial charge in [0, 0.05) is 25.8 Å². The second-order valence-electron chi connectivity index (χ2n) is 5.86. The Hall–Kier alpha value is -1.06. The summed E-state index contributed by atoms with van der Waals surface area (Å²) < 4.78 is 11.2. The molecule has 0 bridgehead atoms. The minimum absolute atomic E-state index is 0.569.